The van der Waals surface area contributed by atoms with Gasteiger partial charge in [-0.05, 0) is 42.1 Å². The number of hydrogen-bond donors (Lipinski definition) is 2. The molecule has 0 heterocycles. The van der Waals surface area contributed by atoms with Gasteiger partial charge in [0.2, 0.25) is 0 Å². The summed E-state index contributed by atoms with van der Waals surface area (Å²) in [6, 6.07) is 2.95. The highest BCUT2D eigenvalue weighted by atomic mass is 35.5. The summed E-state index contributed by atoms with van der Waals surface area (Å²) in [6.45, 7) is 2.10. The molecule has 3 nitrogen and oxygen atoms in total. The highest BCUT2D eigenvalue weighted by Crippen LogP contribution is 2.30. The van der Waals surface area contributed by atoms with Gasteiger partial charge in [-0.1, -0.05) is 19.8 Å². The number of phenolic OH excluding ortho intramolecular Hbond substituents is 2. The summed E-state index contributed by atoms with van der Waals surface area (Å²) in [5.41, 5.74) is 0.589. The number of halogens is 1. The Morgan fingerprint density at radius 2 is 1.81 bits per heavy atom. The van der Waals surface area contributed by atoms with Crippen LogP contribution in [0.2, 0.25) is 0 Å². The number of benzene rings is 1. The number of hydrogen-bond acceptors (Lipinski definition) is 3. The molecule has 16 heavy (non-hydrogen) atoms. The molecule has 0 aliphatic heterocycles. The number of carbonyl (C=O) groups is 1. The van der Waals surface area contributed by atoms with Crippen LogP contribution in [0.25, 0.3) is 0 Å². The predicted octanol–water partition coefficient (Wildman–Crippen LogP) is 3.21. The van der Waals surface area contributed by atoms with E-state index in [1.54, 1.807) is 0 Å². The summed E-state index contributed by atoms with van der Waals surface area (Å²) in [4.78, 5) is 10.9. The van der Waals surface area contributed by atoms with E-state index in [1.165, 1.54) is 12.1 Å². The molecule has 88 valence electrons. The fourth-order valence-electron chi connectivity index (χ4n) is 1.59. The number of aromatic hydroxyl groups is 2. The van der Waals surface area contributed by atoms with E-state index in [2.05, 4.69) is 6.92 Å². The fraction of sp³-hybridized carbons (Fsp3) is 0.417. The van der Waals surface area contributed by atoms with Gasteiger partial charge in [0.05, 0.1) is 0 Å². The molecule has 0 atom stereocenters. The summed E-state index contributed by atoms with van der Waals surface area (Å²) in [5.74, 6) is -0.516. The Bertz CT molecular complexity index is 365. The molecule has 0 radical (unpaired) electrons. The van der Waals surface area contributed by atoms with Crippen molar-refractivity contribution in [2.75, 3.05) is 0 Å². The van der Waals surface area contributed by atoms with Crippen LogP contribution < -0.4 is 0 Å². The van der Waals surface area contributed by atoms with Gasteiger partial charge in [0.1, 0.15) is 17.1 Å². The average Bonchev–Trinajstić information content (AvgIpc) is 2.16. The molecule has 4 heteroatoms. The van der Waals surface area contributed by atoms with Crippen LogP contribution in [0.3, 0.4) is 0 Å². The first kappa shape index (κ1) is 12.8. The van der Waals surface area contributed by atoms with Crippen LogP contribution in [0.1, 0.15) is 42.1 Å². The quantitative estimate of drug-likeness (QED) is 0.616. The predicted molar refractivity (Wildman–Crippen MR) is 63.2 cm³/mol. The maximum atomic E-state index is 10.9. The van der Waals surface area contributed by atoms with Crippen molar-refractivity contribution in [1.82, 2.24) is 0 Å². The minimum Gasteiger partial charge on any atom is -0.507 e. The monoisotopic (exact) mass is 242 g/mol. The minimum atomic E-state index is -0.852. The van der Waals surface area contributed by atoms with Crippen LogP contribution in [0, 0.1) is 0 Å². The third-order valence-electron chi connectivity index (χ3n) is 2.42. The van der Waals surface area contributed by atoms with Gasteiger partial charge in [0, 0.05) is 0 Å². The Labute approximate surface area is 99.7 Å². The van der Waals surface area contributed by atoms with Crippen molar-refractivity contribution >= 4 is 16.8 Å². The van der Waals surface area contributed by atoms with Gasteiger partial charge in [-0.2, -0.15) is 0 Å². The molecule has 0 saturated heterocycles. The lowest BCUT2D eigenvalue weighted by Crippen LogP contribution is -1.94. The van der Waals surface area contributed by atoms with Crippen molar-refractivity contribution in [3.63, 3.8) is 0 Å². The van der Waals surface area contributed by atoms with Gasteiger partial charge >= 0.3 is 0 Å². The van der Waals surface area contributed by atoms with Crippen molar-refractivity contribution < 1.29 is 15.0 Å². The number of phenols is 2. The zero-order valence-corrected chi connectivity index (χ0v) is 9.92. The molecule has 0 unspecified atom stereocenters. The number of carbonyl (C=O) groups excluding carboxylic acids is 1. The van der Waals surface area contributed by atoms with Gasteiger partial charge in [-0.3, -0.25) is 4.79 Å². The van der Waals surface area contributed by atoms with Crippen LogP contribution in [0.5, 0.6) is 11.5 Å². The van der Waals surface area contributed by atoms with E-state index >= 15 is 0 Å². The highest BCUT2D eigenvalue weighted by Gasteiger charge is 2.15. The Kier molecular flexibility index (Phi) is 4.62. The number of unbranched alkanes of at least 4 members (excludes halogenated alkanes) is 2. The van der Waals surface area contributed by atoms with Crippen LogP contribution in [-0.4, -0.2) is 15.5 Å². The van der Waals surface area contributed by atoms with E-state index in [9.17, 15) is 15.0 Å². The summed E-state index contributed by atoms with van der Waals surface area (Å²) < 4.78 is 0. The van der Waals surface area contributed by atoms with E-state index in [-0.39, 0.29) is 17.1 Å². The molecule has 0 saturated carbocycles. The molecule has 0 spiro atoms. The Balaban J connectivity index is 2.87. The third-order valence-corrected chi connectivity index (χ3v) is 2.61. The van der Waals surface area contributed by atoms with Gasteiger partial charge in [-0.15, -0.1) is 0 Å². The van der Waals surface area contributed by atoms with E-state index in [0.29, 0.717) is 0 Å². The summed E-state index contributed by atoms with van der Waals surface area (Å²) in [6.07, 6.45) is 3.96. The standard InChI is InChI=1S/C12H15ClO3/c1-2-3-4-5-8-6-9(14)11(12(13)16)10(15)7-8/h6-7,14-15H,2-5H2,1H3. The zero-order valence-electron chi connectivity index (χ0n) is 9.16. The first-order valence-corrected chi connectivity index (χ1v) is 5.68. The van der Waals surface area contributed by atoms with Crippen molar-refractivity contribution in [1.29, 1.82) is 0 Å². The lowest BCUT2D eigenvalue weighted by Gasteiger charge is -2.06. The maximum absolute atomic E-state index is 10.9. The van der Waals surface area contributed by atoms with Crippen LogP contribution in [0.4, 0.5) is 0 Å². The summed E-state index contributed by atoms with van der Waals surface area (Å²) in [7, 11) is 0. The normalized spacial score (nSPS) is 10.4. The van der Waals surface area contributed by atoms with E-state index in [1.807, 2.05) is 0 Å². The Morgan fingerprint density at radius 3 is 2.25 bits per heavy atom. The van der Waals surface area contributed by atoms with Crippen molar-refractivity contribution in [2.45, 2.75) is 32.6 Å². The zero-order chi connectivity index (χ0) is 12.1. The van der Waals surface area contributed by atoms with Crippen LogP contribution in [-0.2, 0) is 6.42 Å². The van der Waals surface area contributed by atoms with E-state index < -0.39 is 5.24 Å². The van der Waals surface area contributed by atoms with Gasteiger partial charge in [0.15, 0.2) is 0 Å². The molecule has 0 aliphatic carbocycles. The number of aryl methyl sites for hydroxylation is 1. The molecule has 2 N–H and O–H groups in total. The molecule has 1 aromatic carbocycles. The summed E-state index contributed by atoms with van der Waals surface area (Å²) >= 11 is 5.23. The minimum absolute atomic E-state index is 0.221. The third kappa shape index (κ3) is 3.14. The highest BCUT2D eigenvalue weighted by molar-refractivity contribution is 6.68. The van der Waals surface area contributed by atoms with Gasteiger partial charge in [-0.25, -0.2) is 0 Å². The first-order chi connectivity index (χ1) is 7.56. The first-order valence-electron chi connectivity index (χ1n) is 5.31. The van der Waals surface area contributed by atoms with Crippen molar-refractivity contribution in [3.8, 4) is 11.5 Å². The molecule has 0 aliphatic rings. The lowest BCUT2D eigenvalue weighted by atomic mass is 10.0. The number of rotatable bonds is 5. The van der Waals surface area contributed by atoms with E-state index in [0.717, 1.165) is 31.2 Å². The molecular formula is C12H15ClO3. The molecule has 0 bridgehead atoms. The van der Waals surface area contributed by atoms with Gasteiger partial charge < -0.3 is 10.2 Å². The SMILES string of the molecule is CCCCCc1cc(O)c(C(=O)Cl)c(O)c1. The largest absolute Gasteiger partial charge is 0.507 e. The second-order valence-electron chi connectivity index (χ2n) is 3.74. The molecular weight excluding hydrogens is 228 g/mol. The molecule has 0 amide bonds. The summed E-state index contributed by atoms with van der Waals surface area (Å²) in [5, 5.41) is 18.2. The van der Waals surface area contributed by atoms with Gasteiger partial charge in [0.25, 0.3) is 5.24 Å². The second-order valence-corrected chi connectivity index (χ2v) is 4.08. The fourth-order valence-corrected chi connectivity index (χ4v) is 1.79. The molecule has 0 aromatic heterocycles. The van der Waals surface area contributed by atoms with Crippen LogP contribution in [0.15, 0.2) is 12.1 Å². The molecule has 1 rings (SSSR count). The maximum Gasteiger partial charge on any atom is 0.259 e. The van der Waals surface area contributed by atoms with Crippen LogP contribution >= 0.6 is 11.6 Å². The lowest BCUT2D eigenvalue weighted by molar-refractivity contribution is 0.107. The smallest absolute Gasteiger partial charge is 0.259 e. The van der Waals surface area contributed by atoms with E-state index in [4.69, 9.17) is 11.6 Å². The Hall–Kier alpha value is -1.22. The van der Waals surface area contributed by atoms with Crippen molar-refractivity contribution in [2.24, 2.45) is 0 Å². The Morgan fingerprint density at radius 1 is 1.25 bits per heavy atom. The average molecular weight is 243 g/mol. The van der Waals surface area contributed by atoms with Crippen molar-refractivity contribution in [3.05, 3.63) is 23.3 Å². The molecule has 1 aromatic rings. The second kappa shape index (κ2) is 5.75. The topological polar surface area (TPSA) is 57.5 Å². The molecule has 0 fully saturated rings.